The molecule has 2 aromatic heterocycles. The maximum atomic E-state index is 4.61. The highest BCUT2D eigenvalue weighted by Gasteiger charge is 2.19. The summed E-state index contributed by atoms with van der Waals surface area (Å²) in [4.78, 5) is 18.0. The molecule has 1 aromatic carbocycles. The molecule has 3 aromatic rings. The number of hydrogen-bond acceptors (Lipinski definition) is 5. The average Bonchev–Trinajstić information content (AvgIpc) is 2.65. The van der Waals surface area contributed by atoms with Gasteiger partial charge in [0.05, 0.1) is 11.7 Å². The van der Waals surface area contributed by atoms with Crippen LogP contribution in [0.25, 0.3) is 10.9 Å². The van der Waals surface area contributed by atoms with E-state index in [4.69, 9.17) is 0 Å². The van der Waals surface area contributed by atoms with E-state index < -0.39 is 0 Å². The molecule has 0 saturated carbocycles. The van der Waals surface area contributed by atoms with Crippen molar-refractivity contribution in [2.24, 2.45) is 0 Å². The lowest BCUT2D eigenvalue weighted by atomic mass is 10.0. The van der Waals surface area contributed by atoms with Crippen molar-refractivity contribution in [3.05, 3.63) is 60.2 Å². The number of aromatic nitrogens is 3. The fraction of sp³-hybridized carbons (Fsp3) is 0.316. The van der Waals surface area contributed by atoms with Crippen molar-refractivity contribution in [2.75, 3.05) is 31.1 Å². The molecule has 0 N–H and O–H groups in total. The van der Waals surface area contributed by atoms with E-state index >= 15 is 0 Å². The Kier molecular flexibility index (Phi) is 4.09. The van der Waals surface area contributed by atoms with Gasteiger partial charge in [0.2, 0.25) is 0 Å². The molecular weight excluding hydrogens is 298 g/mol. The zero-order valence-electron chi connectivity index (χ0n) is 13.9. The zero-order valence-corrected chi connectivity index (χ0v) is 13.9. The third-order valence-electron chi connectivity index (χ3n) is 4.74. The predicted octanol–water partition coefficient (Wildman–Crippen LogP) is 2.66. The standard InChI is InChI=1S/C19H21N5/c1-15-4-5-16-3-2-6-22-19(16)17(15)14-23-9-11-24(12-10-23)18-13-20-7-8-21-18/h2-8,13H,9-12,14H2,1H3. The number of piperazine rings is 1. The second kappa shape index (κ2) is 6.53. The minimum Gasteiger partial charge on any atom is -0.353 e. The van der Waals surface area contributed by atoms with Crippen LogP contribution in [0.3, 0.4) is 0 Å². The summed E-state index contributed by atoms with van der Waals surface area (Å²) in [6, 6.07) is 8.50. The predicted molar refractivity (Wildman–Crippen MR) is 96.0 cm³/mol. The fourth-order valence-electron chi connectivity index (χ4n) is 3.32. The molecule has 0 atom stereocenters. The molecule has 24 heavy (non-hydrogen) atoms. The van der Waals surface area contributed by atoms with Gasteiger partial charge in [0.25, 0.3) is 0 Å². The number of nitrogens with zero attached hydrogens (tertiary/aromatic N) is 5. The van der Waals surface area contributed by atoms with Crippen LogP contribution in [0.5, 0.6) is 0 Å². The van der Waals surface area contributed by atoms with Gasteiger partial charge in [-0.05, 0) is 24.1 Å². The number of benzene rings is 1. The van der Waals surface area contributed by atoms with Crippen molar-refractivity contribution in [3.8, 4) is 0 Å². The average molecular weight is 319 g/mol. The molecule has 1 saturated heterocycles. The monoisotopic (exact) mass is 319 g/mol. The zero-order chi connectivity index (χ0) is 16.4. The van der Waals surface area contributed by atoms with Crippen LogP contribution >= 0.6 is 0 Å². The molecule has 0 unspecified atom stereocenters. The van der Waals surface area contributed by atoms with Gasteiger partial charge in [0.1, 0.15) is 5.82 Å². The van der Waals surface area contributed by atoms with Crippen LogP contribution in [0.1, 0.15) is 11.1 Å². The molecule has 5 nitrogen and oxygen atoms in total. The van der Waals surface area contributed by atoms with Gasteiger partial charge in [-0.2, -0.15) is 0 Å². The van der Waals surface area contributed by atoms with Crippen molar-refractivity contribution in [1.82, 2.24) is 19.9 Å². The Morgan fingerprint density at radius 2 is 1.83 bits per heavy atom. The highest BCUT2D eigenvalue weighted by Crippen LogP contribution is 2.22. The molecule has 0 bridgehead atoms. The highest BCUT2D eigenvalue weighted by atomic mass is 15.3. The molecule has 3 heterocycles. The summed E-state index contributed by atoms with van der Waals surface area (Å²) >= 11 is 0. The first-order valence-corrected chi connectivity index (χ1v) is 8.38. The van der Waals surface area contributed by atoms with Crippen molar-refractivity contribution in [2.45, 2.75) is 13.5 Å². The minimum atomic E-state index is 0.953. The number of rotatable bonds is 3. The Bertz CT molecular complexity index is 826. The number of aryl methyl sites for hydroxylation is 1. The molecule has 5 heteroatoms. The smallest absolute Gasteiger partial charge is 0.147 e. The van der Waals surface area contributed by atoms with Gasteiger partial charge in [-0.15, -0.1) is 0 Å². The summed E-state index contributed by atoms with van der Waals surface area (Å²) in [7, 11) is 0. The molecule has 1 fully saturated rings. The van der Waals surface area contributed by atoms with E-state index in [0.717, 1.165) is 44.1 Å². The van der Waals surface area contributed by atoms with Crippen LogP contribution in [0.2, 0.25) is 0 Å². The second-order valence-corrected chi connectivity index (χ2v) is 6.26. The normalized spacial score (nSPS) is 15.8. The van der Waals surface area contributed by atoms with Crippen LogP contribution in [0.15, 0.2) is 49.1 Å². The van der Waals surface area contributed by atoms with Crippen molar-refractivity contribution < 1.29 is 0 Å². The number of hydrogen-bond donors (Lipinski definition) is 0. The van der Waals surface area contributed by atoms with E-state index in [1.807, 2.05) is 18.5 Å². The fourth-order valence-corrected chi connectivity index (χ4v) is 3.32. The van der Waals surface area contributed by atoms with Gasteiger partial charge in [-0.1, -0.05) is 18.2 Å². The molecule has 0 radical (unpaired) electrons. The summed E-state index contributed by atoms with van der Waals surface area (Å²) in [5, 5.41) is 1.22. The molecule has 1 aliphatic heterocycles. The van der Waals surface area contributed by atoms with Gasteiger partial charge >= 0.3 is 0 Å². The molecule has 122 valence electrons. The largest absolute Gasteiger partial charge is 0.353 e. The van der Waals surface area contributed by atoms with Gasteiger partial charge in [0, 0.05) is 56.7 Å². The number of pyridine rings is 1. The maximum absolute atomic E-state index is 4.61. The van der Waals surface area contributed by atoms with Crippen LogP contribution < -0.4 is 4.90 Å². The molecule has 0 amide bonds. The van der Waals surface area contributed by atoms with Crippen molar-refractivity contribution >= 4 is 16.7 Å². The second-order valence-electron chi connectivity index (χ2n) is 6.26. The van der Waals surface area contributed by atoms with Crippen LogP contribution in [-0.4, -0.2) is 46.0 Å². The summed E-state index contributed by atoms with van der Waals surface area (Å²) in [6.45, 7) is 7.15. The summed E-state index contributed by atoms with van der Waals surface area (Å²) in [5.74, 6) is 0.972. The van der Waals surface area contributed by atoms with E-state index in [9.17, 15) is 0 Å². The highest BCUT2D eigenvalue weighted by molar-refractivity contribution is 5.82. The first-order chi connectivity index (χ1) is 11.8. The molecule has 1 aliphatic rings. The summed E-state index contributed by atoms with van der Waals surface area (Å²) in [6.07, 6.45) is 7.20. The maximum Gasteiger partial charge on any atom is 0.147 e. The SMILES string of the molecule is Cc1ccc2cccnc2c1CN1CCN(c2cnccn2)CC1. The van der Waals surface area contributed by atoms with E-state index in [1.54, 1.807) is 12.4 Å². The summed E-state index contributed by atoms with van der Waals surface area (Å²) in [5.41, 5.74) is 3.80. The van der Waals surface area contributed by atoms with Crippen LogP contribution in [-0.2, 0) is 6.54 Å². The lowest BCUT2D eigenvalue weighted by molar-refractivity contribution is 0.249. The number of fused-ring (bicyclic) bond motifs is 1. The Labute approximate surface area is 142 Å². The third-order valence-corrected chi connectivity index (χ3v) is 4.74. The van der Waals surface area contributed by atoms with E-state index in [0.29, 0.717) is 0 Å². The Morgan fingerprint density at radius 3 is 2.62 bits per heavy atom. The van der Waals surface area contributed by atoms with E-state index in [2.05, 4.69) is 49.9 Å². The first-order valence-electron chi connectivity index (χ1n) is 8.38. The van der Waals surface area contributed by atoms with E-state index in [1.165, 1.54) is 16.5 Å². The lowest BCUT2D eigenvalue weighted by Gasteiger charge is -2.35. The Morgan fingerprint density at radius 1 is 0.958 bits per heavy atom. The molecule has 0 aliphatic carbocycles. The first kappa shape index (κ1) is 15.0. The quantitative estimate of drug-likeness (QED) is 0.743. The minimum absolute atomic E-state index is 0.953. The van der Waals surface area contributed by atoms with Crippen LogP contribution in [0.4, 0.5) is 5.82 Å². The topological polar surface area (TPSA) is 45.2 Å². The van der Waals surface area contributed by atoms with Gasteiger partial charge in [0.15, 0.2) is 0 Å². The van der Waals surface area contributed by atoms with Gasteiger partial charge in [-0.25, -0.2) is 4.98 Å². The Balaban J connectivity index is 1.49. The molecule has 4 rings (SSSR count). The van der Waals surface area contributed by atoms with Crippen molar-refractivity contribution in [3.63, 3.8) is 0 Å². The molecular formula is C19H21N5. The van der Waals surface area contributed by atoms with Crippen LogP contribution in [0, 0.1) is 6.92 Å². The molecule has 0 spiro atoms. The van der Waals surface area contributed by atoms with Gasteiger partial charge in [-0.3, -0.25) is 14.9 Å². The summed E-state index contributed by atoms with van der Waals surface area (Å²) < 4.78 is 0. The van der Waals surface area contributed by atoms with Gasteiger partial charge < -0.3 is 4.90 Å². The lowest BCUT2D eigenvalue weighted by Crippen LogP contribution is -2.46. The van der Waals surface area contributed by atoms with E-state index in [-0.39, 0.29) is 0 Å². The van der Waals surface area contributed by atoms with Crippen molar-refractivity contribution in [1.29, 1.82) is 0 Å². The Hall–Kier alpha value is -2.53. The third kappa shape index (κ3) is 2.95. The number of anilines is 1.